The van der Waals surface area contributed by atoms with Crippen LogP contribution in [0.25, 0.3) is 0 Å². The largest absolute Gasteiger partial charge is 0.324 e. The van der Waals surface area contributed by atoms with E-state index in [0.29, 0.717) is 5.56 Å². The zero-order valence-corrected chi connectivity index (χ0v) is 8.46. The summed E-state index contributed by atoms with van der Waals surface area (Å²) in [6.07, 6.45) is 3.59. The van der Waals surface area contributed by atoms with Gasteiger partial charge in [0.15, 0.2) is 0 Å². The minimum atomic E-state index is -0.145. The molecule has 0 spiro atoms. The first-order chi connectivity index (χ1) is 6.68. The molecule has 14 heavy (non-hydrogen) atoms. The van der Waals surface area contributed by atoms with Crippen LogP contribution in [0.5, 0.6) is 0 Å². The molecule has 0 heterocycles. The van der Waals surface area contributed by atoms with Gasteiger partial charge in [-0.2, -0.15) is 0 Å². The Hall–Kier alpha value is -0.890. The third-order valence-electron chi connectivity index (χ3n) is 2.99. The summed E-state index contributed by atoms with van der Waals surface area (Å²) in [6.45, 7) is 1.80. The quantitative estimate of drug-likeness (QED) is 0.784. The third kappa shape index (κ3) is 1.95. The molecule has 1 fully saturated rings. The average Bonchev–Trinajstić information content (AvgIpc) is 2.93. The average molecular weight is 193 g/mol. The monoisotopic (exact) mass is 193 g/mol. The summed E-state index contributed by atoms with van der Waals surface area (Å²) in [4.78, 5) is 0. The normalized spacial score (nSPS) is 18.2. The highest BCUT2D eigenvalue weighted by molar-refractivity contribution is 5.30. The lowest BCUT2D eigenvalue weighted by molar-refractivity contribution is 0.575. The molecule has 0 saturated heterocycles. The first-order valence-electron chi connectivity index (χ1n) is 5.19. The Labute approximate surface area is 84.1 Å². The first kappa shape index (κ1) is 9.66. The van der Waals surface area contributed by atoms with Gasteiger partial charge in [0, 0.05) is 6.04 Å². The van der Waals surface area contributed by atoms with E-state index < -0.39 is 0 Å². The van der Waals surface area contributed by atoms with Crippen molar-refractivity contribution in [2.45, 2.75) is 32.2 Å². The zero-order valence-electron chi connectivity index (χ0n) is 8.46. The molecular weight excluding hydrogens is 177 g/mol. The number of benzene rings is 1. The summed E-state index contributed by atoms with van der Waals surface area (Å²) >= 11 is 0. The Morgan fingerprint density at radius 1 is 1.50 bits per heavy atom. The highest BCUT2D eigenvalue weighted by Crippen LogP contribution is 2.37. The Morgan fingerprint density at radius 3 is 2.86 bits per heavy atom. The van der Waals surface area contributed by atoms with Crippen molar-refractivity contribution >= 4 is 0 Å². The molecule has 0 aliphatic heterocycles. The maximum atomic E-state index is 13.2. The first-order valence-corrected chi connectivity index (χ1v) is 5.19. The minimum absolute atomic E-state index is 0.0122. The molecule has 1 aliphatic carbocycles. The van der Waals surface area contributed by atoms with E-state index in [1.165, 1.54) is 18.9 Å². The van der Waals surface area contributed by atoms with Gasteiger partial charge in [-0.3, -0.25) is 0 Å². The number of halogens is 1. The lowest BCUT2D eigenvalue weighted by Gasteiger charge is -2.14. The SMILES string of the molecule is Cc1c(F)cccc1[C@H](N)CC1CC1. The van der Waals surface area contributed by atoms with E-state index in [1.807, 2.05) is 6.07 Å². The lowest BCUT2D eigenvalue weighted by atomic mass is 9.97. The maximum absolute atomic E-state index is 13.2. The van der Waals surface area contributed by atoms with Gasteiger partial charge in [0.2, 0.25) is 0 Å². The van der Waals surface area contributed by atoms with Crippen LogP contribution in [0.1, 0.15) is 36.4 Å². The van der Waals surface area contributed by atoms with Crippen LogP contribution < -0.4 is 5.73 Å². The molecule has 2 rings (SSSR count). The Bertz CT molecular complexity index is 331. The van der Waals surface area contributed by atoms with Gasteiger partial charge in [0.25, 0.3) is 0 Å². The van der Waals surface area contributed by atoms with Crippen molar-refractivity contribution in [1.29, 1.82) is 0 Å². The smallest absolute Gasteiger partial charge is 0.126 e. The van der Waals surface area contributed by atoms with Crippen LogP contribution in [-0.4, -0.2) is 0 Å². The molecule has 0 radical (unpaired) electrons. The van der Waals surface area contributed by atoms with Gasteiger partial charge in [-0.05, 0) is 36.5 Å². The molecule has 1 aliphatic rings. The van der Waals surface area contributed by atoms with E-state index in [0.717, 1.165) is 17.9 Å². The third-order valence-corrected chi connectivity index (χ3v) is 2.99. The van der Waals surface area contributed by atoms with Crippen molar-refractivity contribution in [1.82, 2.24) is 0 Å². The van der Waals surface area contributed by atoms with Crippen molar-refractivity contribution in [3.8, 4) is 0 Å². The van der Waals surface area contributed by atoms with Crippen molar-refractivity contribution in [3.63, 3.8) is 0 Å². The molecule has 0 amide bonds. The van der Waals surface area contributed by atoms with Crippen LogP contribution in [0.3, 0.4) is 0 Å². The zero-order chi connectivity index (χ0) is 10.1. The van der Waals surface area contributed by atoms with E-state index in [2.05, 4.69) is 0 Å². The van der Waals surface area contributed by atoms with Gasteiger partial charge in [0.05, 0.1) is 0 Å². The summed E-state index contributed by atoms with van der Waals surface area (Å²) in [7, 11) is 0. The summed E-state index contributed by atoms with van der Waals surface area (Å²) in [5.74, 6) is 0.640. The molecule has 0 bridgehead atoms. The fourth-order valence-electron chi connectivity index (χ4n) is 1.87. The van der Waals surface area contributed by atoms with E-state index in [4.69, 9.17) is 5.73 Å². The highest BCUT2D eigenvalue weighted by Gasteiger charge is 2.25. The second-order valence-electron chi connectivity index (χ2n) is 4.24. The second kappa shape index (κ2) is 3.70. The Morgan fingerprint density at radius 2 is 2.21 bits per heavy atom. The van der Waals surface area contributed by atoms with Gasteiger partial charge in [-0.25, -0.2) is 4.39 Å². The lowest BCUT2D eigenvalue weighted by Crippen LogP contribution is -2.13. The van der Waals surface area contributed by atoms with E-state index in [-0.39, 0.29) is 11.9 Å². The fourth-order valence-corrected chi connectivity index (χ4v) is 1.87. The number of hydrogen-bond donors (Lipinski definition) is 1. The predicted octanol–water partition coefficient (Wildman–Crippen LogP) is 2.93. The number of nitrogens with two attached hydrogens (primary N) is 1. The summed E-state index contributed by atoms with van der Waals surface area (Å²) in [5, 5.41) is 0. The molecule has 1 atom stereocenters. The standard InChI is InChI=1S/C12H16FN/c1-8-10(3-2-4-11(8)13)12(14)7-9-5-6-9/h2-4,9,12H,5-7,14H2,1H3/t12-/m1/s1. The van der Waals surface area contributed by atoms with Crippen LogP contribution in [-0.2, 0) is 0 Å². The molecule has 76 valence electrons. The number of rotatable bonds is 3. The molecule has 1 aromatic rings. The summed E-state index contributed by atoms with van der Waals surface area (Å²) in [6, 6.07) is 5.18. The van der Waals surface area contributed by atoms with Crippen LogP contribution in [0.15, 0.2) is 18.2 Å². The van der Waals surface area contributed by atoms with Gasteiger partial charge in [-0.15, -0.1) is 0 Å². The Kier molecular flexibility index (Phi) is 2.55. The van der Waals surface area contributed by atoms with Gasteiger partial charge in [-0.1, -0.05) is 25.0 Å². The molecule has 1 nitrogen and oxygen atoms in total. The molecule has 1 aromatic carbocycles. The molecule has 0 unspecified atom stereocenters. The van der Waals surface area contributed by atoms with Crippen LogP contribution in [0, 0.1) is 18.7 Å². The van der Waals surface area contributed by atoms with Gasteiger partial charge in [0.1, 0.15) is 5.82 Å². The topological polar surface area (TPSA) is 26.0 Å². The van der Waals surface area contributed by atoms with Crippen LogP contribution in [0.2, 0.25) is 0 Å². The van der Waals surface area contributed by atoms with Crippen LogP contribution >= 0.6 is 0 Å². The molecule has 2 N–H and O–H groups in total. The molecule has 2 heteroatoms. The van der Waals surface area contributed by atoms with Crippen LogP contribution in [0.4, 0.5) is 4.39 Å². The molecule has 1 saturated carbocycles. The maximum Gasteiger partial charge on any atom is 0.126 e. The molecule has 0 aromatic heterocycles. The fraction of sp³-hybridized carbons (Fsp3) is 0.500. The number of hydrogen-bond acceptors (Lipinski definition) is 1. The van der Waals surface area contributed by atoms with E-state index >= 15 is 0 Å². The van der Waals surface area contributed by atoms with Crippen molar-refractivity contribution in [2.75, 3.05) is 0 Å². The predicted molar refractivity (Wildman–Crippen MR) is 55.4 cm³/mol. The van der Waals surface area contributed by atoms with Gasteiger partial charge < -0.3 is 5.73 Å². The second-order valence-corrected chi connectivity index (χ2v) is 4.24. The molecular formula is C12H16FN. The van der Waals surface area contributed by atoms with Crippen molar-refractivity contribution in [3.05, 3.63) is 35.1 Å². The summed E-state index contributed by atoms with van der Waals surface area (Å²) in [5.41, 5.74) is 7.72. The van der Waals surface area contributed by atoms with Crippen molar-refractivity contribution < 1.29 is 4.39 Å². The minimum Gasteiger partial charge on any atom is -0.324 e. The highest BCUT2D eigenvalue weighted by atomic mass is 19.1. The Balaban J connectivity index is 2.16. The summed E-state index contributed by atoms with van der Waals surface area (Å²) < 4.78 is 13.2. The van der Waals surface area contributed by atoms with E-state index in [1.54, 1.807) is 13.0 Å². The van der Waals surface area contributed by atoms with Crippen molar-refractivity contribution in [2.24, 2.45) is 11.7 Å². The van der Waals surface area contributed by atoms with E-state index in [9.17, 15) is 4.39 Å². The van der Waals surface area contributed by atoms with Gasteiger partial charge >= 0.3 is 0 Å².